The van der Waals surface area contributed by atoms with Crippen molar-refractivity contribution in [2.75, 3.05) is 17.0 Å². The highest BCUT2D eigenvalue weighted by atomic mass is 79.9. The molecule has 0 spiro atoms. The lowest BCUT2D eigenvalue weighted by Crippen LogP contribution is -2.19. The van der Waals surface area contributed by atoms with Crippen LogP contribution < -0.4 is 10.5 Å². The highest BCUT2D eigenvalue weighted by Crippen LogP contribution is 2.29. The number of halogens is 2. The molecule has 1 aromatic rings. The maximum absolute atomic E-state index is 11.7. The first kappa shape index (κ1) is 14.8. The minimum Gasteiger partial charge on any atom is -0.330 e. The first-order chi connectivity index (χ1) is 7.85. The number of hydrogen-bond acceptors (Lipinski definition) is 3. The molecule has 0 radical (unpaired) electrons. The summed E-state index contributed by atoms with van der Waals surface area (Å²) in [5, 5.41) is 0.518. The van der Waals surface area contributed by atoms with Gasteiger partial charge in [-0.15, -0.1) is 0 Å². The molecule has 0 amide bonds. The Balaban J connectivity index is 2.92. The van der Waals surface area contributed by atoms with E-state index in [1.54, 1.807) is 12.1 Å². The van der Waals surface area contributed by atoms with E-state index in [0.717, 1.165) is 5.56 Å². The summed E-state index contributed by atoms with van der Waals surface area (Å²) < 4.78 is 26.5. The Kier molecular flexibility index (Phi) is 5.24. The van der Waals surface area contributed by atoms with Gasteiger partial charge in [0.1, 0.15) is 0 Å². The van der Waals surface area contributed by atoms with Crippen LogP contribution in [-0.2, 0) is 10.0 Å². The Labute approximate surface area is 115 Å². The summed E-state index contributed by atoms with van der Waals surface area (Å²) in [6, 6.07) is 3.35. The molecule has 0 saturated carbocycles. The third kappa shape index (κ3) is 4.46. The number of nitrogens with one attached hydrogen (secondary N) is 1. The van der Waals surface area contributed by atoms with Crippen LogP contribution in [0, 0.1) is 6.92 Å². The SMILES string of the molecule is Cc1cc(Br)c(NS(=O)(=O)CCCN)cc1Cl. The van der Waals surface area contributed by atoms with Crippen molar-refractivity contribution in [1.29, 1.82) is 0 Å². The van der Waals surface area contributed by atoms with Crippen molar-refractivity contribution in [3.05, 3.63) is 27.2 Å². The molecule has 96 valence electrons. The normalized spacial score (nSPS) is 11.5. The minimum absolute atomic E-state index is 0.00142. The fourth-order valence-electron chi connectivity index (χ4n) is 1.22. The molecule has 0 bridgehead atoms. The fourth-order valence-corrected chi connectivity index (χ4v) is 3.22. The van der Waals surface area contributed by atoms with Gasteiger partial charge in [-0.25, -0.2) is 8.42 Å². The molecule has 0 aliphatic heterocycles. The van der Waals surface area contributed by atoms with Gasteiger partial charge in [0.15, 0.2) is 0 Å². The van der Waals surface area contributed by atoms with Crippen LogP contribution in [-0.4, -0.2) is 20.7 Å². The van der Waals surface area contributed by atoms with Crippen LogP contribution in [0.25, 0.3) is 0 Å². The second-order valence-corrected chi connectivity index (χ2v) is 6.75. The Morgan fingerprint density at radius 3 is 2.71 bits per heavy atom. The van der Waals surface area contributed by atoms with E-state index in [-0.39, 0.29) is 5.75 Å². The van der Waals surface area contributed by atoms with Crippen LogP contribution in [0.4, 0.5) is 5.69 Å². The fraction of sp³-hybridized carbons (Fsp3) is 0.400. The van der Waals surface area contributed by atoms with Gasteiger partial charge >= 0.3 is 0 Å². The maximum atomic E-state index is 11.7. The molecule has 0 aliphatic carbocycles. The molecule has 1 rings (SSSR count). The van der Waals surface area contributed by atoms with Gasteiger partial charge in [-0.3, -0.25) is 4.72 Å². The number of rotatable bonds is 5. The second kappa shape index (κ2) is 6.04. The number of sulfonamides is 1. The highest BCUT2D eigenvalue weighted by Gasteiger charge is 2.13. The van der Waals surface area contributed by atoms with Crippen LogP contribution in [0.3, 0.4) is 0 Å². The van der Waals surface area contributed by atoms with Gasteiger partial charge in [0.2, 0.25) is 10.0 Å². The quantitative estimate of drug-likeness (QED) is 0.864. The monoisotopic (exact) mass is 340 g/mol. The third-order valence-corrected chi connectivity index (χ3v) is 4.55. The van der Waals surface area contributed by atoms with Crippen molar-refractivity contribution in [2.45, 2.75) is 13.3 Å². The third-order valence-electron chi connectivity index (χ3n) is 2.13. The molecule has 0 fully saturated rings. The molecular formula is C10H14BrClN2O2S. The van der Waals surface area contributed by atoms with Crippen LogP contribution in [0.1, 0.15) is 12.0 Å². The van der Waals surface area contributed by atoms with Crippen molar-refractivity contribution < 1.29 is 8.42 Å². The molecule has 17 heavy (non-hydrogen) atoms. The lowest BCUT2D eigenvalue weighted by molar-refractivity contribution is 0.598. The maximum Gasteiger partial charge on any atom is 0.232 e. The van der Waals surface area contributed by atoms with Crippen LogP contribution in [0.5, 0.6) is 0 Å². The van der Waals surface area contributed by atoms with Crippen LogP contribution >= 0.6 is 27.5 Å². The number of benzene rings is 1. The first-order valence-electron chi connectivity index (χ1n) is 5.02. The molecule has 0 heterocycles. The number of aryl methyl sites for hydroxylation is 1. The van der Waals surface area contributed by atoms with Crippen molar-refractivity contribution in [3.8, 4) is 0 Å². The zero-order valence-corrected chi connectivity index (χ0v) is 12.5. The summed E-state index contributed by atoms with van der Waals surface area (Å²) in [5.74, 6) is 0.00142. The number of nitrogens with two attached hydrogens (primary N) is 1. The minimum atomic E-state index is -3.37. The number of anilines is 1. The van der Waals surface area contributed by atoms with Gasteiger partial charge in [0, 0.05) is 9.50 Å². The number of hydrogen-bond donors (Lipinski definition) is 2. The Bertz CT molecular complexity index is 505. The largest absolute Gasteiger partial charge is 0.330 e. The summed E-state index contributed by atoms with van der Waals surface area (Å²) in [7, 11) is -3.37. The average molecular weight is 342 g/mol. The Morgan fingerprint density at radius 1 is 1.47 bits per heavy atom. The molecule has 0 atom stereocenters. The molecule has 0 unspecified atom stereocenters. The van der Waals surface area contributed by atoms with E-state index in [2.05, 4.69) is 20.7 Å². The zero-order valence-electron chi connectivity index (χ0n) is 9.33. The summed E-state index contributed by atoms with van der Waals surface area (Å²) in [5.41, 5.74) is 6.60. The van der Waals surface area contributed by atoms with Crippen LogP contribution in [0.2, 0.25) is 5.02 Å². The van der Waals surface area contributed by atoms with E-state index in [4.69, 9.17) is 17.3 Å². The van der Waals surface area contributed by atoms with Gasteiger partial charge in [-0.2, -0.15) is 0 Å². The zero-order chi connectivity index (χ0) is 13.1. The van der Waals surface area contributed by atoms with E-state index in [1.165, 1.54) is 0 Å². The predicted octanol–water partition coefficient (Wildman–Crippen LogP) is 2.50. The summed E-state index contributed by atoms with van der Waals surface area (Å²) >= 11 is 9.24. The molecule has 3 N–H and O–H groups in total. The van der Waals surface area contributed by atoms with Gasteiger partial charge in [-0.05, 0) is 53.5 Å². The average Bonchev–Trinajstić information content (AvgIpc) is 2.23. The smallest absolute Gasteiger partial charge is 0.232 e. The van der Waals surface area contributed by atoms with E-state index in [1.807, 2.05) is 6.92 Å². The topological polar surface area (TPSA) is 72.2 Å². The molecule has 0 aromatic heterocycles. The van der Waals surface area contributed by atoms with E-state index in [9.17, 15) is 8.42 Å². The summed E-state index contributed by atoms with van der Waals surface area (Å²) in [6.45, 7) is 2.19. The predicted molar refractivity (Wildman–Crippen MR) is 75.0 cm³/mol. The second-order valence-electron chi connectivity index (χ2n) is 3.64. The molecule has 0 saturated heterocycles. The Morgan fingerprint density at radius 2 is 2.12 bits per heavy atom. The van der Waals surface area contributed by atoms with E-state index < -0.39 is 10.0 Å². The van der Waals surface area contributed by atoms with Crippen LogP contribution in [0.15, 0.2) is 16.6 Å². The van der Waals surface area contributed by atoms with E-state index in [0.29, 0.717) is 28.1 Å². The van der Waals surface area contributed by atoms with Crippen molar-refractivity contribution in [3.63, 3.8) is 0 Å². The highest BCUT2D eigenvalue weighted by molar-refractivity contribution is 9.10. The first-order valence-corrected chi connectivity index (χ1v) is 7.84. The van der Waals surface area contributed by atoms with Gasteiger partial charge < -0.3 is 5.73 Å². The standard InChI is InChI=1S/C10H14BrClN2O2S/c1-7-5-8(11)10(6-9(7)12)14-17(15,16)4-2-3-13/h5-6,14H,2-4,13H2,1H3. The Hall–Kier alpha value is -0.300. The molecule has 4 nitrogen and oxygen atoms in total. The van der Waals surface area contributed by atoms with E-state index >= 15 is 0 Å². The molecule has 1 aromatic carbocycles. The van der Waals surface area contributed by atoms with Gasteiger partial charge in [0.05, 0.1) is 11.4 Å². The van der Waals surface area contributed by atoms with Crippen molar-refractivity contribution >= 4 is 43.2 Å². The summed E-state index contributed by atoms with van der Waals surface area (Å²) in [6.07, 6.45) is 0.423. The lowest BCUT2D eigenvalue weighted by atomic mass is 10.2. The lowest BCUT2D eigenvalue weighted by Gasteiger charge is -2.11. The molecule has 0 aliphatic rings. The van der Waals surface area contributed by atoms with Gasteiger partial charge in [-0.1, -0.05) is 11.6 Å². The van der Waals surface area contributed by atoms with Crippen molar-refractivity contribution in [2.24, 2.45) is 5.73 Å². The van der Waals surface area contributed by atoms with Crippen molar-refractivity contribution in [1.82, 2.24) is 0 Å². The van der Waals surface area contributed by atoms with Gasteiger partial charge in [0.25, 0.3) is 0 Å². The molecule has 7 heteroatoms. The molecular weight excluding hydrogens is 328 g/mol. The summed E-state index contributed by atoms with van der Waals surface area (Å²) in [4.78, 5) is 0.